The molecule has 1 aromatic carbocycles. The van der Waals surface area contributed by atoms with Crippen molar-refractivity contribution in [2.24, 2.45) is 0 Å². The van der Waals surface area contributed by atoms with Gasteiger partial charge in [0.1, 0.15) is 5.82 Å². The van der Waals surface area contributed by atoms with Crippen molar-refractivity contribution >= 4 is 9.84 Å². The van der Waals surface area contributed by atoms with Crippen LogP contribution in [0.15, 0.2) is 12.1 Å². The first-order valence-electron chi connectivity index (χ1n) is 6.49. The Kier molecular flexibility index (Phi) is 3.97. The Morgan fingerprint density at radius 3 is 2.37 bits per heavy atom. The normalized spacial score (nSPS) is 24.1. The lowest BCUT2D eigenvalue weighted by Gasteiger charge is -2.28. The van der Waals surface area contributed by atoms with E-state index in [9.17, 15) is 17.9 Å². The van der Waals surface area contributed by atoms with E-state index in [0.29, 0.717) is 29.5 Å². The third kappa shape index (κ3) is 2.82. The van der Waals surface area contributed by atoms with Crippen molar-refractivity contribution < 1.29 is 17.9 Å². The maximum Gasteiger partial charge on any atom is 0.156 e. The SMILES string of the molecule is Cc1cc(F)cc(C)c1C(O)C1CCCCS1(=O)=O. The molecule has 2 rings (SSSR count). The first kappa shape index (κ1) is 14.5. The number of halogens is 1. The van der Waals surface area contributed by atoms with Gasteiger partial charge in [-0.2, -0.15) is 0 Å². The fraction of sp³-hybridized carbons (Fsp3) is 0.571. The van der Waals surface area contributed by atoms with Crippen LogP contribution in [0.1, 0.15) is 42.1 Å². The molecule has 1 aliphatic rings. The molecule has 1 aliphatic heterocycles. The zero-order valence-corrected chi connectivity index (χ0v) is 12.0. The van der Waals surface area contributed by atoms with Crippen molar-refractivity contribution in [1.82, 2.24) is 0 Å². The van der Waals surface area contributed by atoms with Crippen molar-refractivity contribution in [3.63, 3.8) is 0 Å². The van der Waals surface area contributed by atoms with Gasteiger partial charge >= 0.3 is 0 Å². The van der Waals surface area contributed by atoms with Gasteiger partial charge in [-0.05, 0) is 55.5 Å². The number of aryl methyl sites for hydroxylation is 2. The molecular weight excluding hydrogens is 267 g/mol. The van der Waals surface area contributed by atoms with Gasteiger partial charge in [0, 0.05) is 0 Å². The monoisotopic (exact) mass is 286 g/mol. The van der Waals surface area contributed by atoms with Gasteiger partial charge in [-0.25, -0.2) is 12.8 Å². The van der Waals surface area contributed by atoms with Crippen LogP contribution in [0.2, 0.25) is 0 Å². The summed E-state index contributed by atoms with van der Waals surface area (Å²) in [6.45, 7) is 3.40. The van der Waals surface area contributed by atoms with Crippen LogP contribution in [0, 0.1) is 19.7 Å². The van der Waals surface area contributed by atoms with Gasteiger partial charge in [0.15, 0.2) is 9.84 Å². The van der Waals surface area contributed by atoms with E-state index in [0.717, 1.165) is 6.42 Å². The van der Waals surface area contributed by atoms with E-state index in [4.69, 9.17) is 0 Å². The minimum absolute atomic E-state index is 0.133. The molecular formula is C14H19FO3S. The molecule has 0 spiro atoms. The number of aliphatic hydroxyl groups is 1. The molecule has 2 unspecified atom stereocenters. The van der Waals surface area contributed by atoms with Gasteiger partial charge in [0.05, 0.1) is 17.1 Å². The van der Waals surface area contributed by atoms with E-state index in [1.54, 1.807) is 13.8 Å². The second-order valence-electron chi connectivity index (χ2n) is 5.30. The van der Waals surface area contributed by atoms with Crippen LogP contribution in [0.4, 0.5) is 4.39 Å². The van der Waals surface area contributed by atoms with Crippen LogP contribution in [-0.2, 0) is 9.84 Å². The lowest BCUT2D eigenvalue weighted by molar-refractivity contribution is 0.163. The van der Waals surface area contributed by atoms with Crippen LogP contribution in [-0.4, -0.2) is 24.5 Å². The quantitative estimate of drug-likeness (QED) is 0.908. The largest absolute Gasteiger partial charge is 0.387 e. The number of aliphatic hydroxyl groups excluding tert-OH is 1. The number of sulfone groups is 1. The molecule has 2 atom stereocenters. The smallest absolute Gasteiger partial charge is 0.156 e. The highest BCUT2D eigenvalue weighted by Crippen LogP contribution is 2.34. The molecule has 0 saturated carbocycles. The Balaban J connectivity index is 2.42. The highest BCUT2D eigenvalue weighted by Gasteiger charge is 2.36. The molecule has 1 N–H and O–H groups in total. The zero-order valence-electron chi connectivity index (χ0n) is 11.2. The van der Waals surface area contributed by atoms with Crippen molar-refractivity contribution in [2.75, 3.05) is 5.75 Å². The summed E-state index contributed by atoms with van der Waals surface area (Å²) in [4.78, 5) is 0. The first-order chi connectivity index (χ1) is 8.83. The van der Waals surface area contributed by atoms with Crippen LogP contribution in [0.5, 0.6) is 0 Å². The molecule has 19 heavy (non-hydrogen) atoms. The lowest BCUT2D eigenvalue weighted by Crippen LogP contribution is -2.34. The summed E-state index contributed by atoms with van der Waals surface area (Å²) in [5.74, 6) is -0.231. The molecule has 0 amide bonds. The Morgan fingerprint density at radius 1 is 1.26 bits per heavy atom. The molecule has 1 heterocycles. The van der Waals surface area contributed by atoms with Crippen molar-refractivity contribution in [2.45, 2.75) is 44.5 Å². The predicted molar refractivity (Wildman–Crippen MR) is 72.3 cm³/mol. The van der Waals surface area contributed by atoms with Gasteiger partial charge in [-0.15, -0.1) is 0 Å². The molecule has 0 radical (unpaired) electrons. The Bertz CT molecular complexity index is 557. The topological polar surface area (TPSA) is 54.4 Å². The van der Waals surface area contributed by atoms with Crippen molar-refractivity contribution in [3.8, 4) is 0 Å². The maximum absolute atomic E-state index is 13.3. The highest BCUT2D eigenvalue weighted by atomic mass is 32.2. The molecule has 1 aromatic rings. The van der Waals surface area contributed by atoms with E-state index in [1.807, 2.05) is 0 Å². The third-order valence-electron chi connectivity index (χ3n) is 3.84. The molecule has 1 saturated heterocycles. The minimum Gasteiger partial charge on any atom is -0.387 e. The molecule has 106 valence electrons. The first-order valence-corrected chi connectivity index (χ1v) is 8.21. The average Bonchev–Trinajstić information content (AvgIpc) is 2.26. The second-order valence-corrected chi connectivity index (χ2v) is 7.64. The molecule has 5 heteroatoms. The summed E-state index contributed by atoms with van der Waals surface area (Å²) < 4.78 is 37.4. The van der Waals surface area contributed by atoms with E-state index < -0.39 is 21.2 Å². The average molecular weight is 286 g/mol. The number of hydrogen-bond acceptors (Lipinski definition) is 3. The van der Waals surface area contributed by atoms with Gasteiger partial charge in [0.25, 0.3) is 0 Å². The molecule has 1 fully saturated rings. The predicted octanol–water partition coefficient (Wildman–Crippen LogP) is 2.44. The van der Waals surface area contributed by atoms with Gasteiger partial charge < -0.3 is 5.11 Å². The van der Waals surface area contributed by atoms with Crippen LogP contribution >= 0.6 is 0 Å². The lowest BCUT2D eigenvalue weighted by atomic mass is 9.94. The molecule has 0 aromatic heterocycles. The van der Waals surface area contributed by atoms with Crippen LogP contribution < -0.4 is 0 Å². The summed E-state index contributed by atoms with van der Waals surface area (Å²) in [7, 11) is -3.26. The standard InChI is InChI=1S/C14H19FO3S/c1-9-7-11(15)8-10(2)13(9)14(16)12-5-3-4-6-19(12,17)18/h7-8,12,14,16H,3-6H2,1-2H3. The summed E-state index contributed by atoms with van der Waals surface area (Å²) >= 11 is 0. The number of rotatable bonds is 2. The van der Waals surface area contributed by atoms with Crippen molar-refractivity contribution in [3.05, 3.63) is 34.6 Å². The second kappa shape index (κ2) is 5.21. The van der Waals surface area contributed by atoms with E-state index in [1.165, 1.54) is 12.1 Å². The Hall–Kier alpha value is -0.940. The minimum atomic E-state index is -3.26. The van der Waals surface area contributed by atoms with E-state index in [-0.39, 0.29) is 11.6 Å². The van der Waals surface area contributed by atoms with Gasteiger partial charge in [0.2, 0.25) is 0 Å². The third-order valence-corrected chi connectivity index (χ3v) is 6.11. The van der Waals surface area contributed by atoms with Crippen molar-refractivity contribution in [1.29, 1.82) is 0 Å². The van der Waals surface area contributed by atoms with E-state index >= 15 is 0 Å². The summed E-state index contributed by atoms with van der Waals surface area (Å²) in [6.07, 6.45) is 0.873. The summed E-state index contributed by atoms with van der Waals surface area (Å²) in [6, 6.07) is 2.67. The van der Waals surface area contributed by atoms with Gasteiger partial charge in [-0.3, -0.25) is 0 Å². The molecule has 0 aliphatic carbocycles. The van der Waals surface area contributed by atoms with Crippen LogP contribution in [0.3, 0.4) is 0 Å². The number of hydrogen-bond donors (Lipinski definition) is 1. The van der Waals surface area contributed by atoms with E-state index in [2.05, 4.69) is 0 Å². The molecule has 3 nitrogen and oxygen atoms in total. The van der Waals surface area contributed by atoms with Crippen LogP contribution in [0.25, 0.3) is 0 Å². The number of benzene rings is 1. The molecule has 0 bridgehead atoms. The fourth-order valence-electron chi connectivity index (χ4n) is 2.91. The van der Waals surface area contributed by atoms with Gasteiger partial charge in [-0.1, -0.05) is 6.42 Å². The zero-order chi connectivity index (χ0) is 14.2. The maximum atomic E-state index is 13.3. The summed E-state index contributed by atoms with van der Waals surface area (Å²) in [5, 5.41) is 9.67. The fourth-order valence-corrected chi connectivity index (χ4v) is 4.87. The highest BCUT2D eigenvalue weighted by molar-refractivity contribution is 7.92. The Labute approximate surface area is 113 Å². The summed E-state index contributed by atoms with van der Waals surface area (Å²) in [5.41, 5.74) is 1.76. The Morgan fingerprint density at radius 2 is 1.84 bits per heavy atom.